The topological polar surface area (TPSA) is 102 Å². The van der Waals surface area contributed by atoms with Crippen LogP contribution in [-0.4, -0.2) is 57.2 Å². The molecular formula is C33H33N7O2. The number of likely N-dealkylation sites (N-methyl/N-ethyl adjacent to an activating group) is 2. The lowest BCUT2D eigenvalue weighted by atomic mass is 9.92. The minimum absolute atomic E-state index is 0.0724. The molecule has 1 fully saturated rings. The van der Waals surface area contributed by atoms with Crippen LogP contribution >= 0.6 is 0 Å². The van der Waals surface area contributed by atoms with Crippen LogP contribution in [0.2, 0.25) is 0 Å². The Bertz CT molecular complexity index is 1710. The van der Waals surface area contributed by atoms with E-state index in [4.69, 9.17) is 15.6 Å². The molecule has 9 nitrogen and oxygen atoms in total. The van der Waals surface area contributed by atoms with Crippen molar-refractivity contribution in [1.82, 2.24) is 24.6 Å². The highest BCUT2D eigenvalue weighted by molar-refractivity contribution is 6.01. The van der Waals surface area contributed by atoms with Crippen molar-refractivity contribution < 1.29 is 9.53 Å². The van der Waals surface area contributed by atoms with Gasteiger partial charge in [0.05, 0.1) is 11.1 Å². The van der Waals surface area contributed by atoms with Crippen LogP contribution in [0, 0.1) is 0 Å². The average Bonchev–Trinajstić information content (AvgIpc) is 3.38. The van der Waals surface area contributed by atoms with E-state index in [-0.39, 0.29) is 5.91 Å². The van der Waals surface area contributed by atoms with E-state index in [1.165, 1.54) is 25.6 Å². The maximum absolute atomic E-state index is 12.8. The number of nitrogen functional groups attached to an aromatic ring is 1. The summed E-state index contributed by atoms with van der Waals surface area (Å²) in [5, 5.41) is 5.56. The number of anilines is 2. The Balaban J connectivity index is 1.22. The molecule has 2 N–H and O–H groups in total. The fourth-order valence-electron chi connectivity index (χ4n) is 5.01. The zero-order valence-corrected chi connectivity index (χ0v) is 23.7. The maximum atomic E-state index is 12.8. The molecule has 0 unspecified atom stereocenters. The number of carbonyl (C=O) groups excluding carboxylic acids is 1. The fraction of sp³-hybridized carbons (Fsp3) is 0.212. The van der Waals surface area contributed by atoms with Crippen molar-refractivity contribution >= 4 is 28.4 Å². The summed E-state index contributed by atoms with van der Waals surface area (Å²) in [6.07, 6.45) is 8.80. The number of rotatable bonds is 9. The van der Waals surface area contributed by atoms with E-state index >= 15 is 0 Å². The Morgan fingerprint density at radius 3 is 2.38 bits per heavy atom. The van der Waals surface area contributed by atoms with Crippen molar-refractivity contribution in [3.05, 3.63) is 97.3 Å². The lowest BCUT2D eigenvalue weighted by Crippen LogP contribution is -2.37. The quantitative estimate of drug-likeness (QED) is 0.226. The van der Waals surface area contributed by atoms with Crippen LogP contribution in [0.1, 0.15) is 19.3 Å². The van der Waals surface area contributed by atoms with Crippen molar-refractivity contribution in [2.45, 2.75) is 25.3 Å². The number of para-hydroxylation sites is 1. The first-order chi connectivity index (χ1) is 20.5. The van der Waals surface area contributed by atoms with Gasteiger partial charge in [0, 0.05) is 37.0 Å². The zero-order chi connectivity index (χ0) is 29.1. The number of nitrogens with two attached hydrogens (primary N) is 1. The maximum Gasteiger partial charge on any atom is 0.250 e. The van der Waals surface area contributed by atoms with Gasteiger partial charge in [0.25, 0.3) is 0 Å². The molecule has 6 rings (SSSR count). The molecule has 1 amide bonds. The van der Waals surface area contributed by atoms with Gasteiger partial charge in [-0.3, -0.25) is 9.69 Å². The highest BCUT2D eigenvalue weighted by Crippen LogP contribution is 2.33. The van der Waals surface area contributed by atoms with Gasteiger partial charge >= 0.3 is 0 Å². The summed E-state index contributed by atoms with van der Waals surface area (Å²) in [6, 6.07) is 25.6. The van der Waals surface area contributed by atoms with E-state index in [9.17, 15) is 4.79 Å². The predicted molar refractivity (Wildman–Crippen MR) is 166 cm³/mol. The van der Waals surface area contributed by atoms with Crippen LogP contribution in [0.4, 0.5) is 11.5 Å². The number of hydrogen-bond acceptors (Lipinski definition) is 7. The number of hydrogen-bond donors (Lipinski definition) is 1. The summed E-state index contributed by atoms with van der Waals surface area (Å²) < 4.78 is 7.69. The monoisotopic (exact) mass is 559 g/mol. The summed E-state index contributed by atoms with van der Waals surface area (Å²) in [5.41, 5.74) is 10.0. The van der Waals surface area contributed by atoms with E-state index in [1.54, 1.807) is 22.7 Å². The van der Waals surface area contributed by atoms with E-state index in [2.05, 4.69) is 21.9 Å². The van der Waals surface area contributed by atoms with Crippen LogP contribution < -0.4 is 15.4 Å². The van der Waals surface area contributed by atoms with Gasteiger partial charge in [0.15, 0.2) is 5.65 Å². The standard InChI is InChI=1S/C33H33N7O2/c1-38(24-8-6-9-24)21-7-12-29(41)39(2)25-15-17-26(18-16-25)40-33-30(32(34)35-22-36-33)31(37-40)23-13-19-28(20-14-23)42-27-10-4-3-5-11-27/h3-5,7,10-20,22,24H,6,8-9,21H2,1-2H3,(H2,34,35,36). The molecule has 2 aromatic heterocycles. The Hall–Kier alpha value is -5.02. The molecule has 0 aliphatic heterocycles. The molecule has 42 heavy (non-hydrogen) atoms. The number of ether oxygens (including phenoxy) is 1. The molecule has 0 spiro atoms. The zero-order valence-electron chi connectivity index (χ0n) is 23.7. The van der Waals surface area contributed by atoms with Gasteiger partial charge in [-0.2, -0.15) is 5.10 Å². The summed E-state index contributed by atoms with van der Waals surface area (Å²) in [4.78, 5) is 25.4. The van der Waals surface area contributed by atoms with Crippen molar-refractivity contribution in [3.63, 3.8) is 0 Å². The lowest BCUT2D eigenvalue weighted by molar-refractivity contribution is -0.113. The normalized spacial score (nSPS) is 13.5. The molecule has 0 saturated heterocycles. The van der Waals surface area contributed by atoms with E-state index in [1.807, 2.05) is 84.9 Å². The lowest BCUT2D eigenvalue weighted by Gasteiger charge is -2.33. The summed E-state index contributed by atoms with van der Waals surface area (Å²) >= 11 is 0. The second-order valence-corrected chi connectivity index (χ2v) is 10.5. The first kappa shape index (κ1) is 27.2. The SMILES string of the molecule is CN(C(=O)C=CCN(C)C1CCC1)c1ccc(-n2nc(-c3ccc(Oc4ccccc4)cc3)c3c(N)ncnc32)cc1. The Morgan fingerprint density at radius 1 is 0.976 bits per heavy atom. The Kier molecular flexibility index (Phi) is 7.66. The predicted octanol–water partition coefficient (Wildman–Crippen LogP) is 5.86. The molecular weight excluding hydrogens is 526 g/mol. The van der Waals surface area contributed by atoms with E-state index in [0.29, 0.717) is 34.3 Å². The average molecular weight is 560 g/mol. The minimum Gasteiger partial charge on any atom is -0.457 e. The van der Waals surface area contributed by atoms with Gasteiger partial charge in [-0.1, -0.05) is 30.7 Å². The number of amides is 1. The minimum atomic E-state index is -0.0724. The summed E-state index contributed by atoms with van der Waals surface area (Å²) in [6.45, 7) is 0.770. The molecule has 2 heterocycles. The Morgan fingerprint density at radius 2 is 1.69 bits per heavy atom. The third-order valence-corrected chi connectivity index (χ3v) is 7.76. The van der Waals surface area contributed by atoms with E-state index < -0.39 is 0 Å². The molecule has 212 valence electrons. The van der Waals surface area contributed by atoms with Crippen LogP contribution in [0.3, 0.4) is 0 Å². The molecule has 3 aromatic carbocycles. The van der Waals surface area contributed by atoms with E-state index in [0.717, 1.165) is 29.2 Å². The molecule has 1 saturated carbocycles. The van der Waals surface area contributed by atoms with Gasteiger partial charge in [-0.25, -0.2) is 14.6 Å². The molecule has 0 bridgehead atoms. The first-order valence-corrected chi connectivity index (χ1v) is 14.1. The smallest absolute Gasteiger partial charge is 0.250 e. The van der Waals surface area contributed by atoms with Crippen LogP contribution in [0.5, 0.6) is 11.5 Å². The molecule has 5 aromatic rings. The van der Waals surface area contributed by atoms with Gasteiger partial charge in [0.1, 0.15) is 29.3 Å². The van der Waals surface area contributed by atoms with Crippen LogP contribution in [-0.2, 0) is 4.79 Å². The van der Waals surface area contributed by atoms with Crippen molar-refractivity contribution in [1.29, 1.82) is 0 Å². The Labute approximate surface area is 244 Å². The third kappa shape index (κ3) is 5.59. The second-order valence-electron chi connectivity index (χ2n) is 10.5. The number of aromatic nitrogens is 4. The number of fused-ring (bicyclic) bond motifs is 1. The summed E-state index contributed by atoms with van der Waals surface area (Å²) in [7, 11) is 3.89. The van der Waals surface area contributed by atoms with Crippen molar-refractivity contribution in [2.24, 2.45) is 0 Å². The number of benzene rings is 3. The van der Waals surface area contributed by atoms with Crippen LogP contribution in [0.25, 0.3) is 28.0 Å². The van der Waals surface area contributed by atoms with Gasteiger partial charge in [0.2, 0.25) is 5.91 Å². The second kappa shape index (κ2) is 11.8. The molecule has 1 aliphatic carbocycles. The number of nitrogens with zero attached hydrogens (tertiary/aromatic N) is 6. The molecule has 9 heteroatoms. The molecule has 1 aliphatic rings. The molecule has 0 radical (unpaired) electrons. The van der Waals surface area contributed by atoms with Crippen LogP contribution in [0.15, 0.2) is 97.3 Å². The van der Waals surface area contributed by atoms with Crippen molar-refractivity contribution in [2.75, 3.05) is 31.3 Å². The highest BCUT2D eigenvalue weighted by atomic mass is 16.5. The fourth-order valence-corrected chi connectivity index (χ4v) is 5.01. The highest BCUT2D eigenvalue weighted by Gasteiger charge is 2.21. The number of carbonyl (C=O) groups is 1. The molecule has 0 atom stereocenters. The van der Waals surface area contributed by atoms with Gasteiger partial charge < -0.3 is 15.4 Å². The van der Waals surface area contributed by atoms with Gasteiger partial charge in [-0.05, 0) is 80.6 Å². The largest absolute Gasteiger partial charge is 0.457 e. The van der Waals surface area contributed by atoms with Crippen molar-refractivity contribution in [3.8, 4) is 28.4 Å². The van der Waals surface area contributed by atoms with Gasteiger partial charge in [-0.15, -0.1) is 0 Å². The third-order valence-electron chi connectivity index (χ3n) is 7.76. The summed E-state index contributed by atoms with van der Waals surface area (Å²) in [5.74, 6) is 1.76. The first-order valence-electron chi connectivity index (χ1n) is 14.1.